The lowest BCUT2D eigenvalue weighted by molar-refractivity contribution is -0.385. The van der Waals surface area contributed by atoms with Gasteiger partial charge in [0, 0.05) is 22.3 Å². The Morgan fingerprint density at radius 2 is 2.00 bits per heavy atom. The number of hydrogen-bond acceptors (Lipinski definition) is 5. The normalized spacial score (nSPS) is 11.1. The van der Waals surface area contributed by atoms with Crippen LogP contribution in [0.3, 0.4) is 0 Å². The predicted molar refractivity (Wildman–Crippen MR) is 59.2 cm³/mol. The maximum absolute atomic E-state index is 11.1. The van der Waals surface area contributed by atoms with Crippen molar-refractivity contribution < 1.29 is 18.1 Å². The zero-order valence-electron chi connectivity index (χ0n) is 7.38. The second-order valence-corrected chi connectivity index (χ2v) is 6.04. The first-order valence-corrected chi connectivity index (χ1v) is 6.75. The number of nitro benzene ring substituents is 1. The summed E-state index contributed by atoms with van der Waals surface area (Å²) in [6.45, 7) is 0. The van der Waals surface area contributed by atoms with Crippen LogP contribution in [0.1, 0.15) is 10.4 Å². The molecule has 0 saturated heterocycles. The van der Waals surface area contributed by atoms with E-state index in [-0.39, 0.29) is 16.3 Å². The summed E-state index contributed by atoms with van der Waals surface area (Å²) in [5.41, 5.74) is -0.725. The molecule has 0 spiro atoms. The second kappa shape index (κ2) is 4.48. The van der Waals surface area contributed by atoms with Crippen molar-refractivity contribution in [3.05, 3.63) is 32.3 Å². The molecule has 0 N–H and O–H groups in total. The maximum Gasteiger partial charge on any atom is 0.284 e. The predicted octanol–water partition coefficient (Wildman–Crippen LogP) is 2.10. The fourth-order valence-corrected chi connectivity index (χ4v) is 2.55. The van der Waals surface area contributed by atoms with Gasteiger partial charge in [-0.15, -0.1) is 0 Å². The Kier molecular flexibility index (Phi) is 3.66. The van der Waals surface area contributed by atoms with Gasteiger partial charge in [0.2, 0.25) is 0 Å². The van der Waals surface area contributed by atoms with E-state index in [1.54, 1.807) is 0 Å². The summed E-state index contributed by atoms with van der Waals surface area (Å²) in [6, 6.07) is 1.76. The number of hydrogen-bond donors (Lipinski definition) is 0. The van der Waals surface area contributed by atoms with Crippen molar-refractivity contribution in [3.63, 3.8) is 0 Å². The van der Waals surface area contributed by atoms with E-state index >= 15 is 0 Å². The van der Waals surface area contributed by atoms with Gasteiger partial charge in [0.25, 0.3) is 14.7 Å². The van der Waals surface area contributed by atoms with Gasteiger partial charge in [-0.3, -0.25) is 14.9 Å². The molecule has 6 nitrogen and oxygen atoms in total. The number of carbonyl (C=O) groups excluding carboxylic acids is 1. The molecular weight excluding hydrogens is 326 g/mol. The Morgan fingerprint density at radius 3 is 2.38 bits per heavy atom. The molecule has 1 aromatic rings. The molecule has 0 heterocycles. The molecule has 0 aliphatic rings. The Bertz CT molecular complexity index is 570. The first kappa shape index (κ1) is 13.1. The van der Waals surface area contributed by atoms with Crippen molar-refractivity contribution in [2.75, 3.05) is 0 Å². The number of nitro groups is 1. The van der Waals surface area contributed by atoms with Crippen LogP contribution in [0, 0.1) is 10.1 Å². The largest absolute Gasteiger partial charge is 0.298 e. The lowest BCUT2D eigenvalue weighted by atomic mass is 10.2. The molecule has 0 amide bonds. The van der Waals surface area contributed by atoms with Crippen molar-refractivity contribution >= 4 is 47.6 Å². The molecule has 0 radical (unpaired) electrons. The minimum absolute atomic E-state index is 0.00340. The van der Waals surface area contributed by atoms with Gasteiger partial charge < -0.3 is 0 Å². The number of carbonyl (C=O) groups is 1. The van der Waals surface area contributed by atoms with Gasteiger partial charge in [-0.05, 0) is 22.0 Å². The molecule has 0 atom stereocenters. The van der Waals surface area contributed by atoms with Crippen molar-refractivity contribution in [2.24, 2.45) is 0 Å². The monoisotopic (exact) mass is 327 g/mol. The first-order valence-electron chi connectivity index (χ1n) is 3.65. The van der Waals surface area contributed by atoms with Gasteiger partial charge in [-0.2, -0.15) is 0 Å². The molecular formula is C7H3BrClNO5S. The van der Waals surface area contributed by atoms with Crippen molar-refractivity contribution in [1.29, 1.82) is 0 Å². The summed E-state index contributed by atoms with van der Waals surface area (Å²) in [4.78, 5) is 19.8. The van der Waals surface area contributed by atoms with Crippen LogP contribution in [-0.2, 0) is 9.05 Å². The average Bonchev–Trinajstić information content (AvgIpc) is 2.14. The summed E-state index contributed by atoms with van der Waals surface area (Å²) in [6.07, 6.45) is 0.254. The molecule has 0 fully saturated rings. The van der Waals surface area contributed by atoms with Crippen LogP contribution in [0.25, 0.3) is 0 Å². The summed E-state index contributed by atoms with van der Waals surface area (Å²) in [5, 5.41) is 10.5. The van der Waals surface area contributed by atoms with Gasteiger partial charge >= 0.3 is 0 Å². The number of nitrogens with zero attached hydrogens (tertiary/aromatic N) is 1. The summed E-state index contributed by atoms with van der Waals surface area (Å²) in [5.74, 6) is 0. The second-order valence-electron chi connectivity index (χ2n) is 2.65. The molecule has 0 aliphatic carbocycles. The molecule has 1 rings (SSSR count). The van der Waals surface area contributed by atoms with Gasteiger partial charge in [-0.1, -0.05) is 0 Å². The van der Waals surface area contributed by atoms with E-state index in [4.69, 9.17) is 10.7 Å². The molecule has 16 heavy (non-hydrogen) atoms. The Hall–Kier alpha value is -0.990. The average molecular weight is 329 g/mol. The third-order valence-electron chi connectivity index (χ3n) is 1.67. The van der Waals surface area contributed by atoms with E-state index in [9.17, 15) is 23.3 Å². The molecule has 0 aliphatic heterocycles. The van der Waals surface area contributed by atoms with Crippen LogP contribution in [0.15, 0.2) is 21.5 Å². The van der Waals surface area contributed by atoms with Crippen LogP contribution in [0.4, 0.5) is 5.69 Å². The van der Waals surface area contributed by atoms with Crippen LogP contribution in [-0.4, -0.2) is 19.6 Å². The van der Waals surface area contributed by atoms with Crippen molar-refractivity contribution in [2.45, 2.75) is 4.90 Å². The summed E-state index contributed by atoms with van der Waals surface area (Å²) < 4.78 is 22.1. The van der Waals surface area contributed by atoms with Crippen LogP contribution in [0.2, 0.25) is 0 Å². The van der Waals surface area contributed by atoms with Gasteiger partial charge in [0.1, 0.15) is 0 Å². The molecule has 0 saturated carbocycles. The van der Waals surface area contributed by atoms with E-state index in [1.807, 2.05) is 0 Å². The Labute approximate surface area is 103 Å². The highest BCUT2D eigenvalue weighted by Gasteiger charge is 2.23. The minimum atomic E-state index is -4.20. The van der Waals surface area contributed by atoms with E-state index in [1.165, 1.54) is 0 Å². The van der Waals surface area contributed by atoms with E-state index in [0.717, 1.165) is 12.1 Å². The Morgan fingerprint density at radius 1 is 1.44 bits per heavy atom. The summed E-state index contributed by atoms with van der Waals surface area (Å²) in [7, 11) is 0.844. The van der Waals surface area contributed by atoms with Crippen molar-refractivity contribution in [1.82, 2.24) is 0 Å². The quantitative estimate of drug-likeness (QED) is 0.366. The fourth-order valence-electron chi connectivity index (χ4n) is 1.00. The van der Waals surface area contributed by atoms with Crippen molar-refractivity contribution in [3.8, 4) is 0 Å². The molecule has 1 aromatic carbocycles. The first-order chi connectivity index (χ1) is 7.27. The lowest BCUT2D eigenvalue weighted by Gasteiger charge is -2.02. The summed E-state index contributed by atoms with van der Waals surface area (Å²) >= 11 is 2.85. The van der Waals surface area contributed by atoms with Gasteiger partial charge in [-0.25, -0.2) is 8.42 Å². The van der Waals surface area contributed by atoms with E-state index < -0.39 is 24.6 Å². The molecule has 86 valence electrons. The van der Waals surface area contributed by atoms with Gasteiger partial charge in [0.05, 0.1) is 14.3 Å². The SMILES string of the molecule is O=Cc1cc(Br)c([N+](=O)[O-])cc1S(=O)(=O)Cl. The van der Waals surface area contributed by atoms with Crippen LogP contribution in [0.5, 0.6) is 0 Å². The third kappa shape index (κ3) is 2.57. The number of benzene rings is 1. The zero-order valence-corrected chi connectivity index (χ0v) is 10.5. The molecule has 0 aromatic heterocycles. The maximum atomic E-state index is 11.1. The van der Waals surface area contributed by atoms with Crippen LogP contribution >= 0.6 is 26.6 Å². The molecule has 9 heteroatoms. The van der Waals surface area contributed by atoms with Crippen LogP contribution < -0.4 is 0 Å². The van der Waals surface area contributed by atoms with E-state index in [0.29, 0.717) is 0 Å². The topological polar surface area (TPSA) is 94.3 Å². The smallest absolute Gasteiger partial charge is 0.284 e. The van der Waals surface area contributed by atoms with Gasteiger partial charge in [0.15, 0.2) is 6.29 Å². The standard InChI is InChI=1S/C7H3BrClNO5S/c8-5-1-4(3-11)7(16(9,14)15)2-6(5)10(12)13/h1-3H. The fraction of sp³-hybridized carbons (Fsp3) is 0. The number of aldehydes is 1. The minimum Gasteiger partial charge on any atom is -0.298 e. The highest BCUT2D eigenvalue weighted by molar-refractivity contribution is 9.10. The zero-order chi connectivity index (χ0) is 12.5. The highest BCUT2D eigenvalue weighted by atomic mass is 79.9. The molecule has 0 bridgehead atoms. The third-order valence-corrected chi connectivity index (χ3v) is 3.68. The van der Waals surface area contributed by atoms with E-state index in [2.05, 4.69) is 15.9 Å². The molecule has 0 unspecified atom stereocenters. The Balaban J connectivity index is 3.66. The number of rotatable bonds is 3. The lowest BCUT2D eigenvalue weighted by Crippen LogP contribution is -2.00. The highest BCUT2D eigenvalue weighted by Crippen LogP contribution is 2.31. The number of halogens is 2.